The third-order valence-corrected chi connectivity index (χ3v) is 4.22. The third-order valence-electron chi connectivity index (χ3n) is 2.56. The monoisotopic (exact) mass is 263 g/mol. The Labute approximate surface area is 108 Å². The van der Waals surface area contributed by atoms with Crippen LogP contribution in [0.1, 0.15) is 34.6 Å². The van der Waals surface area contributed by atoms with Crippen LogP contribution in [0.25, 0.3) is 0 Å². The van der Waals surface area contributed by atoms with Crippen molar-refractivity contribution in [3.05, 3.63) is 0 Å². The van der Waals surface area contributed by atoms with Crippen LogP contribution >= 0.6 is 11.8 Å². The van der Waals surface area contributed by atoms with E-state index in [9.17, 15) is 9.90 Å². The number of ether oxygens (including phenoxy) is 1. The topological polar surface area (TPSA) is 58.6 Å². The first-order chi connectivity index (χ1) is 7.73. The Morgan fingerprint density at radius 2 is 1.94 bits per heavy atom. The molecule has 0 aromatic rings. The summed E-state index contributed by atoms with van der Waals surface area (Å²) in [5, 5.41) is 12.8. The summed E-state index contributed by atoms with van der Waals surface area (Å²) in [5.74, 6) is 0.306. The molecule has 0 saturated heterocycles. The predicted octanol–water partition coefficient (Wildman–Crippen LogP) is 1.42. The van der Waals surface area contributed by atoms with Gasteiger partial charge in [0.05, 0.1) is 13.2 Å². The number of rotatable bonds is 7. The zero-order chi connectivity index (χ0) is 13.6. The molecule has 5 heteroatoms. The molecule has 3 unspecified atom stereocenters. The van der Waals surface area contributed by atoms with Crippen LogP contribution in [0.2, 0.25) is 0 Å². The lowest BCUT2D eigenvalue weighted by molar-refractivity contribution is -0.147. The van der Waals surface area contributed by atoms with E-state index in [1.807, 2.05) is 27.7 Å². The number of aliphatic hydroxyl groups excluding tert-OH is 1. The second-order valence-corrected chi connectivity index (χ2v) is 6.25. The first-order valence-corrected chi connectivity index (χ1v) is 6.93. The van der Waals surface area contributed by atoms with Crippen molar-refractivity contribution in [2.75, 3.05) is 12.9 Å². The van der Waals surface area contributed by atoms with E-state index >= 15 is 0 Å². The van der Waals surface area contributed by atoms with E-state index in [1.54, 1.807) is 18.7 Å². The Morgan fingerprint density at radius 1 is 1.41 bits per heavy atom. The third kappa shape index (κ3) is 5.75. The molecule has 0 aliphatic heterocycles. The largest absolute Gasteiger partial charge is 0.468 e. The number of carbonyl (C=O) groups excluding carboxylic acids is 1. The summed E-state index contributed by atoms with van der Waals surface area (Å²) in [4.78, 5) is 11.8. The SMILES string of the molecule is COC(=O)C(C)(CSC(C)C(C)O)NC(C)C. The summed E-state index contributed by atoms with van der Waals surface area (Å²) in [6.07, 6.45) is -0.388. The molecule has 0 amide bonds. The highest BCUT2D eigenvalue weighted by Gasteiger charge is 2.35. The Morgan fingerprint density at radius 3 is 2.29 bits per heavy atom. The molecule has 0 aliphatic carbocycles. The zero-order valence-corrected chi connectivity index (χ0v) is 12.4. The maximum absolute atomic E-state index is 11.8. The van der Waals surface area contributed by atoms with Gasteiger partial charge in [-0.05, 0) is 27.7 Å². The number of thioether (sulfide) groups is 1. The van der Waals surface area contributed by atoms with Crippen LogP contribution in [0.4, 0.5) is 0 Å². The summed E-state index contributed by atoms with van der Waals surface area (Å²) >= 11 is 1.56. The van der Waals surface area contributed by atoms with Gasteiger partial charge in [0, 0.05) is 17.0 Å². The smallest absolute Gasteiger partial charge is 0.326 e. The van der Waals surface area contributed by atoms with Gasteiger partial charge < -0.3 is 9.84 Å². The number of nitrogens with one attached hydrogen (secondary N) is 1. The highest BCUT2D eigenvalue weighted by atomic mass is 32.2. The van der Waals surface area contributed by atoms with Gasteiger partial charge in [0.25, 0.3) is 0 Å². The number of aliphatic hydroxyl groups is 1. The molecule has 102 valence electrons. The maximum atomic E-state index is 11.8. The van der Waals surface area contributed by atoms with E-state index in [4.69, 9.17) is 4.74 Å². The molecule has 17 heavy (non-hydrogen) atoms. The molecule has 0 aromatic carbocycles. The Bertz CT molecular complexity index is 246. The van der Waals surface area contributed by atoms with Crippen molar-refractivity contribution in [2.45, 2.75) is 57.6 Å². The number of hydrogen-bond acceptors (Lipinski definition) is 5. The van der Waals surface area contributed by atoms with Gasteiger partial charge in [-0.25, -0.2) is 0 Å². The van der Waals surface area contributed by atoms with Gasteiger partial charge in [0.1, 0.15) is 5.54 Å². The molecule has 0 heterocycles. The van der Waals surface area contributed by atoms with Crippen molar-refractivity contribution in [3.8, 4) is 0 Å². The molecule has 0 rings (SSSR count). The summed E-state index contributed by atoms with van der Waals surface area (Å²) in [6.45, 7) is 9.51. The van der Waals surface area contributed by atoms with Crippen molar-refractivity contribution in [3.63, 3.8) is 0 Å². The van der Waals surface area contributed by atoms with Crippen molar-refractivity contribution < 1.29 is 14.6 Å². The van der Waals surface area contributed by atoms with Gasteiger partial charge in [0.2, 0.25) is 0 Å². The van der Waals surface area contributed by atoms with Gasteiger partial charge in [-0.2, -0.15) is 11.8 Å². The van der Waals surface area contributed by atoms with E-state index in [1.165, 1.54) is 7.11 Å². The molecule has 3 atom stereocenters. The quantitative estimate of drug-likeness (QED) is 0.680. The van der Waals surface area contributed by atoms with Gasteiger partial charge in [0.15, 0.2) is 0 Å². The van der Waals surface area contributed by atoms with E-state index in [0.717, 1.165) is 0 Å². The minimum absolute atomic E-state index is 0.0907. The molecule has 0 saturated carbocycles. The molecule has 0 aromatic heterocycles. The minimum Gasteiger partial charge on any atom is -0.468 e. The molecule has 0 spiro atoms. The van der Waals surface area contributed by atoms with Crippen molar-refractivity contribution >= 4 is 17.7 Å². The van der Waals surface area contributed by atoms with Crippen LogP contribution in [0, 0.1) is 0 Å². The fraction of sp³-hybridized carbons (Fsp3) is 0.917. The number of carbonyl (C=O) groups is 1. The lowest BCUT2D eigenvalue weighted by Gasteiger charge is -2.31. The van der Waals surface area contributed by atoms with E-state index in [0.29, 0.717) is 5.75 Å². The fourth-order valence-corrected chi connectivity index (χ4v) is 2.54. The Hall–Kier alpha value is -0.260. The standard InChI is InChI=1S/C12H25NO3S/c1-8(2)13-12(5,11(15)16-6)7-17-10(4)9(3)14/h8-10,13-14H,7H2,1-6H3. The molecule has 2 N–H and O–H groups in total. The molecule has 0 bridgehead atoms. The second-order valence-electron chi connectivity index (χ2n) is 4.88. The predicted molar refractivity (Wildman–Crippen MR) is 72.3 cm³/mol. The lowest BCUT2D eigenvalue weighted by atomic mass is 10.0. The van der Waals surface area contributed by atoms with Crippen molar-refractivity contribution in [1.29, 1.82) is 0 Å². The summed E-state index contributed by atoms with van der Waals surface area (Å²) in [5.41, 5.74) is -0.712. The van der Waals surface area contributed by atoms with Crippen LogP contribution < -0.4 is 5.32 Å². The average molecular weight is 263 g/mol. The van der Waals surface area contributed by atoms with Crippen molar-refractivity contribution in [2.24, 2.45) is 0 Å². The highest BCUT2D eigenvalue weighted by Crippen LogP contribution is 2.21. The van der Waals surface area contributed by atoms with Crippen LogP contribution in [0.3, 0.4) is 0 Å². The normalized spacial score (nSPS) is 18.6. The van der Waals surface area contributed by atoms with Crippen molar-refractivity contribution in [1.82, 2.24) is 5.32 Å². The number of hydrogen-bond donors (Lipinski definition) is 2. The molecule has 4 nitrogen and oxygen atoms in total. The number of esters is 1. The molecule has 0 aliphatic rings. The molecule has 0 fully saturated rings. The summed E-state index contributed by atoms with van der Waals surface area (Å²) in [6, 6.07) is 0.196. The van der Waals surface area contributed by atoms with Crippen LogP contribution in [-0.4, -0.2) is 46.9 Å². The maximum Gasteiger partial charge on any atom is 0.326 e. The van der Waals surface area contributed by atoms with E-state index in [2.05, 4.69) is 5.32 Å². The van der Waals surface area contributed by atoms with E-state index in [-0.39, 0.29) is 23.4 Å². The first kappa shape index (κ1) is 16.7. The van der Waals surface area contributed by atoms with Crippen LogP contribution in [-0.2, 0) is 9.53 Å². The van der Waals surface area contributed by atoms with Gasteiger partial charge in [-0.1, -0.05) is 6.92 Å². The summed E-state index contributed by atoms with van der Waals surface area (Å²) in [7, 11) is 1.39. The number of methoxy groups -OCH3 is 1. The van der Waals surface area contributed by atoms with Gasteiger partial charge >= 0.3 is 5.97 Å². The minimum atomic E-state index is -0.712. The van der Waals surface area contributed by atoms with Gasteiger partial charge in [-0.3, -0.25) is 10.1 Å². The van der Waals surface area contributed by atoms with E-state index < -0.39 is 5.54 Å². The lowest BCUT2D eigenvalue weighted by Crippen LogP contribution is -2.55. The first-order valence-electron chi connectivity index (χ1n) is 5.88. The van der Waals surface area contributed by atoms with Crippen LogP contribution in [0.15, 0.2) is 0 Å². The summed E-state index contributed by atoms with van der Waals surface area (Å²) < 4.78 is 4.83. The highest BCUT2D eigenvalue weighted by molar-refractivity contribution is 8.00. The molecular weight excluding hydrogens is 238 g/mol. The molecular formula is C12H25NO3S. The zero-order valence-electron chi connectivity index (χ0n) is 11.6. The van der Waals surface area contributed by atoms with Gasteiger partial charge in [-0.15, -0.1) is 0 Å². The molecule has 0 radical (unpaired) electrons. The average Bonchev–Trinajstić information content (AvgIpc) is 2.23. The Balaban J connectivity index is 4.54. The van der Waals surface area contributed by atoms with Crippen LogP contribution in [0.5, 0.6) is 0 Å². The fourth-order valence-electron chi connectivity index (χ4n) is 1.46. The Kier molecular flexibility index (Phi) is 7.13. The second kappa shape index (κ2) is 7.24.